The lowest BCUT2D eigenvalue weighted by atomic mass is 10.1. The molecule has 0 unspecified atom stereocenters. The van der Waals surface area contributed by atoms with Crippen LogP contribution in [0.5, 0.6) is 0 Å². The van der Waals surface area contributed by atoms with Gasteiger partial charge in [0.25, 0.3) is 0 Å². The normalized spacial score (nSPS) is 11.1. The predicted molar refractivity (Wildman–Crippen MR) is 118 cm³/mol. The summed E-state index contributed by atoms with van der Waals surface area (Å²) in [7, 11) is 0. The number of carbonyl (C=O) groups excluding carboxylic acids is 1. The molecule has 1 amide bonds. The third-order valence-electron chi connectivity index (χ3n) is 4.46. The molecule has 0 saturated carbocycles. The number of rotatable bonds is 8. The number of thiazole rings is 1. The second kappa shape index (κ2) is 9.17. The van der Waals surface area contributed by atoms with Gasteiger partial charge in [0.05, 0.1) is 17.8 Å². The molecule has 0 radical (unpaired) electrons. The zero-order valence-corrected chi connectivity index (χ0v) is 17.6. The Hall–Kier alpha value is -3.07. The summed E-state index contributed by atoms with van der Waals surface area (Å²) in [4.78, 5) is 26.6. The van der Waals surface area contributed by atoms with E-state index in [4.69, 9.17) is 14.9 Å². The molecule has 0 aliphatic rings. The lowest BCUT2D eigenvalue weighted by Crippen LogP contribution is -2.09. The van der Waals surface area contributed by atoms with Crippen molar-refractivity contribution in [3.63, 3.8) is 0 Å². The van der Waals surface area contributed by atoms with E-state index in [0.717, 1.165) is 38.7 Å². The van der Waals surface area contributed by atoms with Crippen molar-refractivity contribution in [1.82, 2.24) is 14.8 Å². The molecule has 0 aliphatic heterocycles. The molecule has 2 aromatic carbocycles. The summed E-state index contributed by atoms with van der Waals surface area (Å²) in [5.41, 5.74) is 4.24. The Morgan fingerprint density at radius 1 is 1.13 bits per heavy atom. The average Bonchev–Trinajstić information content (AvgIpc) is 3.39. The average molecular weight is 423 g/mol. The number of benzene rings is 2. The van der Waals surface area contributed by atoms with Gasteiger partial charge in [-0.15, -0.1) is 11.3 Å². The number of nitrogens with one attached hydrogen (secondary N) is 1. The van der Waals surface area contributed by atoms with Gasteiger partial charge in [-0.3, -0.25) is 4.79 Å². The highest BCUT2D eigenvalue weighted by atomic mass is 32.1. The van der Waals surface area contributed by atoms with Gasteiger partial charge in [0.2, 0.25) is 11.0 Å². The fraction of sp³-hybridized carbons (Fsp3) is 0.227. The fourth-order valence-corrected chi connectivity index (χ4v) is 3.81. The number of carbonyl (C=O) groups is 1. The Bertz CT molecular complexity index is 1150. The fourth-order valence-electron chi connectivity index (χ4n) is 3.04. The Morgan fingerprint density at radius 2 is 1.97 bits per heavy atom. The zero-order chi connectivity index (χ0) is 20.9. The molecule has 1 N–H and O–H groups in total. The van der Waals surface area contributed by atoms with Crippen LogP contribution in [0.1, 0.15) is 26.0 Å². The van der Waals surface area contributed by atoms with Crippen LogP contribution in [0.2, 0.25) is 0 Å². The summed E-state index contributed by atoms with van der Waals surface area (Å²) in [5, 5.41) is 11.4. The van der Waals surface area contributed by atoms with Gasteiger partial charge in [0.15, 0.2) is 0 Å². The molecule has 154 valence electrons. The van der Waals surface area contributed by atoms with E-state index in [0.29, 0.717) is 13.0 Å². The molecule has 0 spiro atoms. The van der Waals surface area contributed by atoms with Crippen molar-refractivity contribution >= 4 is 33.8 Å². The van der Waals surface area contributed by atoms with E-state index >= 15 is 0 Å². The molecule has 0 bridgehead atoms. The number of nitrogens with zero attached hydrogens (tertiary/aromatic N) is 3. The molecule has 30 heavy (non-hydrogen) atoms. The minimum Gasteiger partial charge on any atom is -0.326 e. The summed E-state index contributed by atoms with van der Waals surface area (Å²) in [5.74, 6) is -0.0340. The predicted octanol–water partition coefficient (Wildman–Crippen LogP) is 4.97. The van der Waals surface area contributed by atoms with Crippen LogP contribution in [0, 0.1) is 0 Å². The van der Waals surface area contributed by atoms with Gasteiger partial charge in [-0.25, -0.2) is 19.4 Å². The molecular formula is C22H22N4O3S. The second-order valence-electron chi connectivity index (χ2n) is 6.55. The Balaban J connectivity index is 1.79. The molecule has 2 heterocycles. The highest BCUT2D eigenvalue weighted by Gasteiger charge is 2.17. The summed E-state index contributed by atoms with van der Waals surface area (Å²) in [6.45, 7) is 4.44. The maximum atomic E-state index is 11.9. The standard InChI is InChI=1S/C22H22N4O3S/c1-3-20(27)23-16-10-11-18-19(12-16)26(25-21(18)15-8-6-5-7-9-15)22-24-17(14-30-22)13-29-28-4-2/h5-12,14H,3-4,13H2,1-2H3,(H,23,27). The largest absolute Gasteiger partial charge is 0.326 e. The molecule has 4 aromatic rings. The van der Waals surface area contributed by atoms with Gasteiger partial charge >= 0.3 is 0 Å². The minimum absolute atomic E-state index is 0.0340. The van der Waals surface area contributed by atoms with Crippen molar-refractivity contribution in [2.24, 2.45) is 0 Å². The van der Waals surface area contributed by atoms with Crippen molar-refractivity contribution in [3.05, 3.63) is 59.6 Å². The number of aromatic nitrogens is 3. The highest BCUT2D eigenvalue weighted by Crippen LogP contribution is 2.32. The van der Waals surface area contributed by atoms with Crippen LogP contribution in [0.3, 0.4) is 0 Å². The molecule has 8 heteroatoms. The van der Waals surface area contributed by atoms with E-state index in [1.54, 1.807) is 0 Å². The summed E-state index contributed by atoms with van der Waals surface area (Å²) < 4.78 is 1.81. The van der Waals surface area contributed by atoms with Crippen LogP contribution in [0.4, 0.5) is 5.69 Å². The molecule has 4 rings (SSSR count). The Kier molecular flexibility index (Phi) is 6.18. The van der Waals surface area contributed by atoms with Gasteiger partial charge in [-0.1, -0.05) is 37.3 Å². The molecule has 2 aromatic heterocycles. The third kappa shape index (κ3) is 4.25. The van der Waals surface area contributed by atoms with E-state index in [1.165, 1.54) is 11.3 Å². The maximum Gasteiger partial charge on any atom is 0.224 e. The van der Waals surface area contributed by atoms with Gasteiger partial charge in [0, 0.05) is 28.4 Å². The maximum absolute atomic E-state index is 11.9. The number of anilines is 1. The summed E-state index contributed by atoms with van der Waals surface area (Å²) in [6.07, 6.45) is 0.419. The first-order chi connectivity index (χ1) is 14.7. The molecular weight excluding hydrogens is 400 g/mol. The quantitative estimate of drug-likeness (QED) is 0.247. The molecule has 7 nitrogen and oxygen atoms in total. The van der Waals surface area contributed by atoms with Crippen molar-refractivity contribution in [3.8, 4) is 16.4 Å². The van der Waals surface area contributed by atoms with Crippen LogP contribution >= 0.6 is 11.3 Å². The van der Waals surface area contributed by atoms with Crippen molar-refractivity contribution in [2.45, 2.75) is 26.9 Å². The minimum atomic E-state index is -0.0340. The van der Waals surface area contributed by atoms with Gasteiger partial charge in [-0.05, 0) is 25.1 Å². The van der Waals surface area contributed by atoms with E-state index in [-0.39, 0.29) is 12.5 Å². The number of amides is 1. The lowest BCUT2D eigenvalue weighted by molar-refractivity contribution is -0.301. The van der Waals surface area contributed by atoms with E-state index in [1.807, 2.05) is 72.4 Å². The van der Waals surface area contributed by atoms with Crippen molar-refractivity contribution < 1.29 is 14.6 Å². The lowest BCUT2D eigenvalue weighted by Gasteiger charge is -2.05. The Morgan fingerprint density at radius 3 is 2.73 bits per heavy atom. The SMILES string of the molecule is CCOOCc1csc(-n2nc(-c3ccccc3)c3ccc(NC(=O)CC)cc32)n1. The van der Waals surface area contributed by atoms with E-state index in [2.05, 4.69) is 10.3 Å². The molecule has 0 aliphatic carbocycles. The van der Waals surface area contributed by atoms with Crippen molar-refractivity contribution in [2.75, 3.05) is 11.9 Å². The smallest absolute Gasteiger partial charge is 0.224 e. The second-order valence-corrected chi connectivity index (χ2v) is 7.39. The molecule has 0 fully saturated rings. The zero-order valence-electron chi connectivity index (χ0n) is 16.8. The molecule has 0 atom stereocenters. The summed E-state index contributed by atoms with van der Waals surface area (Å²) >= 11 is 1.47. The first-order valence-electron chi connectivity index (χ1n) is 9.76. The van der Waals surface area contributed by atoms with Crippen LogP contribution in [0.25, 0.3) is 27.3 Å². The first kappa shape index (κ1) is 20.2. The first-order valence-corrected chi connectivity index (χ1v) is 10.6. The number of hydrogen-bond acceptors (Lipinski definition) is 6. The van der Waals surface area contributed by atoms with Crippen molar-refractivity contribution in [1.29, 1.82) is 0 Å². The van der Waals surface area contributed by atoms with E-state index in [9.17, 15) is 4.79 Å². The van der Waals surface area contributed by atoms with E-state index < -0.39 is 0 Å². The molecule has 0 saturated heterocycles. The highest BCUT2D eigenvalue weighted by molar-refractivity contribution is 7.12. The van der Waals surface area contributed by atoms with Crippen LogP contribution < -0.4 is 5.32 Å². The van der Waals surface area contributed by atoms with Crippen LogP contribution in [0.15, 0.2) is 53.9 Å². The van der Waals surface area contributed by atoms with Gasteiger partial charge in [0.1, 0.15) is 12.3 Å². The van der Waals surface area contributed by atoms with Gasteiger partial charge in [-0.2, -0.15) is 5.10 Å². The Labute approximate surface area is 178 Å². The number of hydrogen-bond donors (Lipinski definition) is 1. The van der Waals surface area contributed by atoms with Crippen LogP contribution in [-0.4, -0.2) is 27.3 Å². The summed E-state index contributed by atoms with van der Waals surface area (Å²) in [6, 6.07) is 15.8. The number of fused-ring (bicyclic) bond motifs is 1. The third-order valence-corrected chi connectivity index (χ3v) is 5.33. The topological polar surface area (TPSA) is 78.3 Å². The van der Waals surface area contributed by atoms with Gasteiger partial charge < -0.3 is 5.32 Å². The van der Waals surface area contributed by atoms with Crippen LogP contribution in [-0.2, 0) is 21.2 Å². The monoisotopic (exact) mass is 422 g/mol.